The Morgan fingerprint density at radius 3 is 2.30 bits per heavy atom. The molecule has 0 saturated heterocycles. The van der Waals surface area contributed by atoms with Crippen LogP contribution in [0.25, 0.3) is 0 Å². The molecule has 2 atom stereocenters. The van der Waals surface area contributed by atoms with E-state index in [4.69, 9.17) is 0 Å². The van der Waals surface area contributed by atoms with Gasteiger partial charge in [-0.2, -0.15) is 0 Å². The number of carbonyl (C=O) groups excluding carboxylic acids is 1. The molecule has 1 amide bonds. The van der Waals surface area contributed by atoms with E-state index in [-0.39, 0.29) is 11.9 Å². The maximum Gasteiger partial charge on any atom is 0.234 e. The number of nitrogens with zero attached hydrogens (tertiary/aromatic N) is 1. The lowest BCUT2D eigenvalue weighted by Crippen LogP contribution is -2.41. The molecule has 1 aromatic rings. The number of nitrogens with one attached hydrogen (secondary N) is 1. The van der Waals surface area contributed by atoms with E-state index in [0.29, 0.717) is 18.5 Å². The van der Waals surface area contributed by atoms with Gasteiger partial charge in [0.25, 0.3) is 0 Å². The number of carbonyl (C=O) groups is 1. The van der Waals surface area contributed by atoms with Crippen LogP contribution in [-0.4, -0.2) is 30.4 Å². The second-order valence-corrected chi connectivity index (χ2v) is 7.62. The predicted molar refractivity (Wildman–Crippen MR) is 96.4 cm³/mol. The minimum Gasteiger partial charge on any atom is -0.348 e. The van der Waals surface area contributed by atoms with Gasteiger partial charge in [-0.05, 0) is 63.1 Å². The Labute approximate surface area is 141 Å². The summed E-state index contributed by atoms with van der Waals surface area (Å²) in [6.07, 6.45) is 3.73. The average molecular weight is 316 g/mol. The summed E-state index contributed by atoms with van der Waals surface area (Å²) in [6, 6.07) is 9.20. The third-order valence-electron chi connectivity index (χ3n) is 4.89. The summed E-state index contributed by atoms with van der Waals surface area (Å²) in [5.74, 6) is 1.57. The number of benzene rings is 1. The predicted octanol–water partition coefficient (Wildman–Crippen LogP) is 3.79. The summed E-state index contributed by atoms with van der Waals surface area (Å²) in [7, 11) is 2.05. The summed E-state index contributed by atoms with van der Waals surface area (Å²) < 4.78 is 0. The summed E-state index contributed by atoms with van der Waals surface area (Å²) in [5, 5.41) is 3.12. The van der Waals surface area contributed by atoms with Crippen molar-refractivity contribution in [2.45, 2.75) is 59.0 Å². The summed E-state index contributed by atoms with van der Waals surface area (Å²) in [5.41, 5.74) is 2.53. The monoisotopic (exact) mass is 316 g/mol. The van der Waals surface area contributed by atoms with Crippen molar-refractivity contribution in [1.82, 2.24) is 10.2 Å². The zero-order valence-electron chi connectivity index (χ0n) is 15.3. The molecule has 1 aromatic carbocycles. The van der Waals surface area contributed by atoms with Gasteiger partial charge < -0.3 is 5.32 Å². The zero-order valence-corrected chi connectivity index (χ0v) is 15.3. The van der Waals surface area contributed by atoms with Gasteiger partial charge in [0.1, 0.15) is 0 Å². The molecule has 0 aromatic heterocycles. The highest BCUT2D eigenvalue weighted by atomic mass is 16.2. The topological polar surface area (TPSA) is 32.3 Å². The van der Waals surface area contributed by atoms with E-state index in [1.807, 2.05) is 7.05 Å². The molecule has 3 nitrogen and oxygen atoms in total. The Kier molecular flexibility index (Phi) is 6.23. The molecule has 1 fully saturated rings. The highest BCUT2D eigenvalue weighted by Crippen LogP contribution is 2.34. The Balaban J connectivity index is 1.82. The highest BCUT2D eigenvalue weighted by Gasteiger charge is 2.31. The van der Waals surface area contributed by atoms with Gasteiger partial charge in [-0.1, -0.05) is 38.1 Å². The van der Waals surface area contributed by atoms with Crippen molar-refractivity contribution >= 4 is 5.91 Å². The van der Waals surface area contributed by atoms with Crippen LogP contribution >= 0.6 is 0 Å². The molecule has 0 aliphatic heterocycles. The number of hydrogen-bond donors (Lipinski definition) is 1. The Morgan fingerprint density at radius 1 is 1.17 bits per heavy atom. The third-order valence-corrected chi connectivity index (χ3v) is 4.89. The lowest BCUT2D eigenvalue weighted by molar-refractivity contribution is -0.123. The zero-order chi connectivity index (χ0) is 17.0. The summed E-state index contributed by atoms with van der Waals surface area (Å²) in [6.45, 7) is 9.22. The molecular weight excluding hydrogens is 284 g/mol. The smallest absolute Gasteiger partial charge is 0.234 e. The second-order valence-electron chi connectivity index (χ2n) is 7.62. The van der Waals surface area contributed by atoms with E-state index < -0.39 is 0 Å². The molecule has 1 aliphatic rings. The maximum atomic E-state index is 12.2. The van der Waals surface area contributed by atoms with Crippen LogP contribution in [0.1, 0.15) is 57.7 Å². The number of hydrogen-bond acceptors (Lipinski definition) is 2. The van der Waals surface area contributed by atoms with Crippen molar-refractivity contribution < 1.29 is 4.79 Å². The molecule has 128 valence electrons. The number of likely N-dealkylation sites (N-methyl/N-ethyl adjacent to an activating group) is 1. The molecule has 1 saturated carbocycles. The molecule has 3 heteroatoms. The van der Waals surface area contributed by atoms with Gasteiger partial charge in [0.15, 0.2) is 0 Å². The maximum absolute atomic E-state index is 12.2. The van der Waals surface area contributed by atoms with Crippen LogP contribution in [0.4, 0.5) is 0 Å². The van der Waals surface area contributed by atoms with Gasteiger partial charge in [0, 0.05) is 6.04 Å². The van der Waals surface area contributed by atoms with Crippen LogP contribution in [0.2, 0.25) is 0 Å². The molecule has 1 N–H and O–H groups in total. The van der Waals surface area contributed by atoms with Gasteiger partial charge in [0.2, 0.25) is 5.91 Å². The van der Waals surface area contributed by atoms with Crippen molar-refractivity contribution in [3.8, 4) is 0 Å². The average Bonchev–Trinajstić information content (AvgIpc) is 3.30. The third kappa shape index (κ3) is 5.65. The van der Waals surface area contributed by atoms with Crippen molar-refractivity contribution in [2.24, 2.45) is 11.8 Å². The van der Waals surface area contributed by atoms with Crippen LogP contribution in [0.3, 0.4) is 0 Å². The second kappa shape index (κ2) is 7.96. The van der Waals surface area contributed by atoms with E-state index in [1.165, 1.54) is 24.0 Å². The molecule has 0 spiro atoms. The van der Waals surface area contributed by atoms with Crippen molar-refractivity contribution in [3.05, 3.63) is 35.4 Å². The van der Waals surface area contributed by atoms with E-state index in [2.05, 4.69) is 62.2 Å². The first kappa shape index (κ1) is 18.0. The standard InChI is InChI=1S/C20H32N2O/c1-14(2)12-17-6-8-18(9-7-17)15(3)21-20(23)13-22(5)16(4)19-10-11-19/h6-9,14-16,19H,10-13H2,1-5H3,(H,21,23). The largest absolute Gasteiger partial charge is 0.348 e. The van der Waals surface area contributed by atoms with Gasteiger partial charge in [-0.25, -0.2) is 0 Å². The van der Waals surface area contributed by atoms with Crippen molar-refractivity contribution in [3.63, 3.8) is 0 Å². The number of rotatable bonds is 8. The molecule has 23 heavy (non-hydrogen) atoms. The summed E-state index contributed by atoms with van der Waals surface area (Å²) in [4.78, 5) is 14.4. The fourth-order valence-corrected chi connectivity index (χ4v) is 3.09. The Bertz CT molecular complexity index is 505. The lowest BCUT2D eigenvalue weighted by atomic mass is 10.00. The minimum atomic E-state index is 0.0558. The van der Waals surface area contributed by atoms with Crippen molar-refractivity contribution in [2.75, 3.05) is 13.6 Å². The molecule has 2 unspecified atom stereocenters. The highest BCUT2D eigenvalue weighted by molar-refractivity contribution is 5.78. The first-order valence-corrected chi connectivity index (χ1v) is 8.95. The fourth-order valence-electron chi connectivity index (χ4n) is 3.09. The number of amides is 1. The summed E-state index contributed by atoms with van der Waals surface area (Å²) >= 11 is 0. The Hall–Kier alpha value is -1.35. The molecule has 1 aliphatic carbocycles. The first-order valence-electron chi connectivity index (χ1n) is 8.95. The van der Waals surface area contributed by atoms with E-state index in [1.54, 1.807) is 0 Å². The van der Waals surface area contributed by atoms with Gasteiger partial charge in [0.05, 0.1) is 12.6 Å². The normalized spacial score (nSPS) is 17.3. The Morgan fingerprint density at radius 2 is 1.78 bits per heavy atom. The minimum absolute atomic E-state index is 0.0558. The quantitative estimate of drug-likeness (QED) is 0.791. The van der Waals surface area contributed by atoms with E-state index in [9.17, 15) is 4.79 Å². The van der Waals surface area contributed by atoms with Crippen LogP contribution in [0.15, 0.2) is 24.3 Å². The molecule has 0 bridgehead atoms. The SMILES string of the molecule is CC(C)Cc1ccc(C(C)NC(=O)CN(C)C(C)C2CC2)cc1. The first-order chi connectivity index (χ1) is 10.9. The van der Waals surface area contributed by atoms with Gasteiger partial charge in [-0.3, -0.25) is 9.69 Å². The van der Waals surface area contributed by atoms with Gasteiger partial charge in [-0.15, -0.1) is 0 Å². The van der Waals surface area contributed by atoms with Crippen LogP contribution < -0.4 is 5.32 Å². The molecular formula is C20H32N2O. The molecule has 0 heterocycles. The lowest BCUT2D eigenvalue weighted by Gasteiger charge is -2.25. The van der Waals surface area contributed by atoms with Crippen LogP contribution in [-0.2, 0) is 11.2 Å². The fraction of sp³-hybridized carbons (Fsp3) is 0.650. The van der Waals surface area contributed by atoms with E-state index >= 15 is 0 Å². The molecule has 2 rings (SSSR count). The van der Waals surface area contributed by atoms with Gasteiger partial charge >= 0.3 is 0 Å². The van der Waals surface area contributed by atoms with Crippen LogP contribution in [0, 0.1) is 11.8 Å². The van der Waals surface area contributed by atoms with Crippen molar-refractivity contribution in [1.29, 1.82) is 0 Å². The molecule has 0 radical (unpaired) electrons. The van der Waals surface area contributed by atoms with Crippen LogP contribution in [0.5, 0.6) is 0 Å². The van der Waals surface area contributed by atoms with E-state index in [0.717, 1.165) is 12.3 Å².